The van der Waals surface area contributed by atoms with Crippen LogP contribution in [-0.2, 0) is 0 Å². The normalized spacial score (nSPS) is 26.0. The number of aliphatic hydroxyl groups is 1. The molecular weight excluding hydrogens is 184 g/mol. The number of hydrogen-bond acceptors (Lipinski definition) is 1. The van der Waals surface area contributed by atoms with Crippen LogP contribution in [0.2, 0.25) is 0 Å². The Hall–Kier alpha value is -0.0400. The van der Waals surface area contributed by atoms with Gasteiger partial charge < -0.3 is 5.11 Å². The van der Waals surface area contributed by atoms with Gasteiger partial charge in [-0.1, -0.05) is 40.5 Å². The van der Waals surface area contributed by atoms with Gasteiger partial charge in [-0.25, -0.2) is 0 Å². The summed E-state index contributed by atoms with van der Waals surface area (Å²) in [6.07, 6.45) is 8.71. The van der Waals surface area contributed by atoms with Crippen molar-refractivity contribution in [1.29, 1.82) is 0 Å². The first kappa shape index (κ1) is 13.0. The van der Waals surface area contributed by atoms with Gasteiger partial charge in [-0.3, -0.25) is 0 Å². The Labute approximate surface area is 95.3 Å². The Morgan fingerprint density at radius 2 is 1.47 bits per heavy atom. The topological polar surface area (TPSA) is 20.2 Å². The summed E-state index contributed by atoms with van der Waals surface area (Å²) in [5, 5.41) is 9.84. The molecule has 0 radical (unpaired) electrons. The van der Waals surface area contributed by atoms with E-state index in [-0.39, 0.29) is 5.60 Å². The summed E-state index contributed by atoms with van der Waals surface area (Å²) < 4.78 is 0. The van der Waals surface area contributed by atoms with Crippen LogP contribution in [0.4, 0.5) is 0 Å². The third-order valence-electron chi connectivity index (χ3n) is 3.73. The molecule has 1 N–H and O–H groups in total. The second-order valence-corrected chi connectivity index (χ2v) is 6.37. The second-order valence-electron chi connectivity index (χ2n) is 6.37. The van der Waals surface area contributed by atoms with Gasteiger partial charge in [-0.2, -0.15) is 0 Å². The van der Waals surface area contributed by atoms with Crippen molar-refractivity contribution in [3.8, 4) is 0 Å². The van der Waals surface area contributed by atoms with E-state index in [1.165, 1.54) is 25.7 Å². The summed E-state index contributed by atoms with van der Waals surface area (Å²) in [7, 11) is 0. The lowest BCUT2D eigenvalue weighted by molar-refractivity contribution is -0.127. The van der Waals surface area contributed by atoms with E-state index in [0.717, 1.165) is 25.2 Å². The molecule has 0 unspecified atom stereocenters. The van der Waals surface area contributed by atoms with Crippen molar-refractivity contribution < 1.29 is 5.11 Å². The van der Waals surface area contributed by atoms with Gasteiger partial charge in [0, 0.05) is 0 Å². The molecule has 15 heavy (non-hydrogen) atoms. The van der Waals surface area contributed by atoms with Crippen LogP contribution >= 0.6 is 0 Å². The number of hydrogen-bond donors (Lipinski definition) is 1. The summed E-state index contributed by atoms with van der Waals surface area (Å²) in [6, 6.07) is 0. The van der Waals surface area contributed by atoms with Gasteiger partial charge in [0.15, 0.2) is 0 Å². The predicted molar refractivity (Wildman–Crippen MR) is 65.9 cm³/mol. The second kappa shape index (κ2) is 4.86. The Morgan fingerprint density at radius 3 is 1.80 bits per heavy atom. The van der Waals surface area contributed by atoms with E-state index in [4.69, 9.17) is 0 Å². The predicted octanol–water partition coefficient (Wildman–Crippen LogP) is 4.14. The molecular formula is C14H28O. The van der Waals surface area contributed by atoms with E-state index >= 15 is 0 Å². The van der Waals surface area contributed by atoms with Gasteiger partial charge in [-0.15, -0.1) is 0 Å². The molecule has 1 heteroatoms. The molecule has 2 aliphatic rings. The molecule has 2 fully saturated rings. The lowest BCUT2D eigenvalue weighted by atomic mass is 9.57. The van der Waals surface area contributed by atoms with E-state index in [2.05, 4.69) is 27.7 Å². The van der Waals surface area contributed by atoms with Gasteiger partial charge in [-0.05, 0) is 43.4 Å². The highest BCUT2D eigenvalue weighted by molar-refractivity contribution is 5.05. The highest BCUT2D eigenvalue weighted by atomic mass is 16.3. The molecule has 2 rings (SSSR count). The average Bonchev–Trinajstić information content (AvgIpc) is 2.51. The van der Waals surface area contributed by atoms with E-state index in [1.807, 2.05) is 0 Å². The minimum atomic E-state index is -0.260. The molecule has 2 aliphatic carbocycles. The molecule has 0 aliphatic heterocycles. The number of rotatable bonds is 1. The monoisotopic (exact) mass is 212 g/mol. The molecule has 0 aromatic heterocycles. The van der Waals surface area contributed by atoms with E-state index in [9.17, 15) is 5.11 Å². The fraction of sp³-hybridized carbons (Fsp3) is 1.00. The maximum Gasteiger partial charge on any atom is 0.0655 e. The van der Waals surface area contributed by atoms with E-state index < -0.39 is 0 Å². The SMILES string of the molecule is CC(C)C.CCC1(O)CC2(CCCC2)C1. The third kappa shape index (κ3) is 3.48. The molecule has 0 amide bonds. The van der Waals surface area contributed by atoms with Crippen LogP contribution in [-0.4, -0.2) is 10.7 Å². The van der Waals surface area contributed by atoms with Crippen molar-refractivity contribution in [3.05, 3.63) is 0 Å². The zero-order valence-corrected chi connectivity index (χ0v) is 11.0. The largest absolute Gasteiger partial charge is 0.390 e. The van der Waals surface area contributed by atoms with Crippen molar-refractivity contribution in [2.45, 2.75) is 78.2 Å². The molecule has 0 bridgehead atoms. The zero-order chi connectivity index (χ0) is 11.5. The first-order valence-electron chi connectivity index (χ1n) is 6.64. The first-order chi connectivity index (χ1) is 6.91. The highest BCUT2D eigenvalue weighted by Gasteiger charge is 2.53. The molecule has 0 aromatic rings. The van der Waals surface area contributed by atoms with Crippen molar-refractivity contribution in [2.75, 3.05) is 0 Å². The lowest BCUT2D eigenvalue weighted by Gasteiger charge is -2.51. The highest BCUT2D eigenvalue weighted by Crippen LogP contribution is 2.58. The fourth-order valence-electron chi connectivity index (χ4n) is 3.07. The molecule has 0 heterocycles. The van der Waals surface area contributed by atoms with Crippen LogP contribution in [0.25, 0.3) is 0 Å². The van der Waals surface area contributed by atoms with Crippen LogP contribution in [0.1, 0.15) is 72.6 Å². The van der Waals surface area contributed by atoms with Crippen LogP contribution in [0.15, 0.2) is 0 Å². The smallest absolute Gasteiger partial charge is 0.0655 e. The quantitative estimate of drug-likeness (QED) is 0.692. The third-order valence-corrected chi connectivity index (χ3v) is 3.73. The zero-order valence-electron chi connectivity index (χ0n) is 11.0. The summed E-state index contributed by atoms with van der Waals surface area (Å²) in [4.78, 5) is 0. The van der Waals surface area contributed by atoms with Gasteiger partial charge in [0.1, 0.15) is 0 Å². The maximum absolute atomic E-state index is 9.84. The standard InChI is InChI=1S/C10H18O.C4H10/c1-2-10(11)7-9(8-10)5-3-4-6-9;1-4(2)3/h11H,2-8H2,1H3;4H,1-3H3. The summed E-state index contributed by atoms with van der Waals surface area (Å²) in [5.74, 6) is 0.833. The molecule has 2 saturated carbocycles. The maximum atomic E-state index is 9.84. The molecule has 0 aromatic carbocycles. The van der Waals surface area contributed by atoms with Crippen molar-refractivity contribution in [3.63, 3.8) is 0 Å². The Morgan fingerprint density at radius 1 is 1.07 bits per heavy atom. The molecule has 1 spiro atoms. The first-order valence-corrected chi connectivity index (χ1v) is 6.64. The Kier molecular flexibility index (Phi) is 4.22. The Balaban J connectivity index is 0.000000245. The summed E-state index contributed by atoms with van der Waals surface area (Å²) in [6.45, 7) is 8.60. The van der Waals surface area contributed by atoms with Crippen LogP contribution in [0.5, 0.6) is 0 Å². The van der Waals surface area contributed by atoms with Gasteiger partial charge in [0.2, 0.25) is 0 Å². The molecule has 1 nitrogen and oxygen atoms in total. The van der Waals surface area contributed by atoms with Crippen LogP contribution < -0.4 is 0 Å². The minimum Gasteiger partial charge on any atom is -0.390 e. The van der Waals surface area contributed by atoms with Crippen LogP contribution in [0.3, 0.4) is 0 Å². The van der Waals surface area contributed by atoms with Crippen molar-refractivity contribution in [2.24, 2.45) is 11.3 Å². The lowest BCUT2D eigenvalue weighted by Crippen LogP contribution is -2.50. The molecule has 90 valence electrons. The van der Waals surface area contributed by atoms with E-state index in [1.54, 1.807) is 0 Å². The van der Waals surface area contributed by atoms with Crippen molar-refractivity contribution >= 4 is 0 Å². The Bertz CT molecular complexity index is 179. The average molecular weight is 212 g/mol. The fourth-order valence-corrected chi connectivity index (χ4v) is 3.07. The minimum absolute atomic E-state index is 0.260. The summed E-state index contributed by atoms with van der Waals surface area (Å²) >= 11 is 0. The van der Waals surface area contributed by atoms with Crippen molar-refractivity contribution in [1.82, 2.24) is 0 Å². The summed E-state index contributed by atoms with van der Waals surface area (Å²) in [5.41, 5.74) is 0.342. The molecule has 0 atom stereocenters. The van der Waals surface area contributed by atoms with E-state index in [0.29, 0.717) is 5.41 Å². The van der Waals surface area contributed by atoms with Gasteiger partial charge in [0.25, 0.3) is 0 Å². The van der Waals surface area contributed by atoms with Gasteiger partial charge in [0.05, 0.1) is 5.60 Å². The van der Waals surface area contributed by atoms with Gasteiger partial charge >= 0.3 is 0 Å². The molecule has 0 saturated heterocycles. The van der Waals surface area contributed by atoms with Crippen LogP contribution in [0, 0.1) is 11.3 Å².